The van der Waals surface area contributed by atoms with Crippen LogP contribution in [0.5, 0.6) is 0 Å². The molecule has 0 aliphatic heterocycles. The summed E-state index contributed by atoms with van der Waals surface area (Å²) in [5, 5.41) is 72.6. The lowest BCUT2D eigenvalue weighted by atomic mass is 9.86. The average Bonchev–Trinajstić information content (AvgIpc) is 1.60. The maximum atomic E-state index is 11.9. The molecule has 16 rings (SSSR count). The Kier molecular flexibility index (Phi) is 22.2. The zero-order valence-corrected chi connectivity index (χ0v) is 62.7. The van der Waals surface area contributed by atoms with E-state index in [9.17, 15) is 46.5 Å². The zero-order chi connectivity index (χ0) is 71.1. The molecule has 14 N–H and O–H groups in total. The first-order valence-corrected chi connectivity index (χ1v) is 37.8. The summed E-state index contributed by atoms with van der Waals surface area (Å²) in [6.45, 7) is 11.0. The molecule has 2 amide bonds. The molecule has 538 valence electrons. The van der Waals surface area contributed by atoms with Gasteiger partial charge in [0.2, 0.25) is 0 Å². The smallest absolute Gasteiger partial charge is 0.407 e. The molecule has 26 nitrogen and oxygen atoms in total. The molecule has 99 heavy (non-hydrogen) atoms. The molecule has 4 aromatic heterocycles. The number of alkyl carbamates (subject to hydrolysis) is 2. The van der Waals surface area contributed by atoms with Gasteiger partial charge in [0, 0.05) is 108 Å². The predicted octanol–water partition coefficient (Wildman–Crippen LogP) is 10.6. The number of benzene rings is 4. The van der Waals surface area contributed by atoms with Crippen molar-refractivity contribution in [2.45, 2.75) is 145 Å². The minimum Gasteiger partial charge on any atom is -0.444 e. The van der Waals surface area contributed by atoms with Crippen molar-refractivity contribution in [2.75, 3.05) is 14.1 Å². The lowest BCUT2D eigenvalue weighted by Gasteiger charge is -2.28. The maximum absolute atomic E-state index is 11.9. The van der Waals surface area contributed by atoms with E-state index in [1.807, 2.05) is 76.6 Å². The van der Waals surface area contributed by atoms with Gasteiger partial charge in [-0.05, 0) is 209 Å². The third-order valence-corrected chi connectivity index (χ3v) is 23.1. The number of aliphatic hydroxyl groups is 3. The van der Waals surface area contributed by atoms with Crippen LogP contribution in [-0.2, 0) is 50.5 Å². The number of rotatable bonds is 9. The Labute approximate surface area is 610 Å². The largest absolute Gasteiger partial charge is 0.444 e. The van der Waals surface area contributed by atoms with Crippen molar-refractivity contribution in [3.63, 3.8) is 0 Å². The summed E-state index contributed by atoms with van der Waals surface area (Å²) in [5.74, 6) is 2.83. The van der Waals surface area contributed by atoms with E-state index in [2.05, 4.69) is 87.5 Å². The molecule has 8 fully saturated rings. The number of fused-ring (bicyclic) bond motifs is 8. The van der Waals surface area contributed by atoms with E-state index in [0.29, 0.717) is 88.1 Å². The van der Waals surface area contributed by atoms with Crippen molar-refractivity contribution in [3.05, 3.63) is 115 Å². The van der Waals surface area contributed by atoms with Crippen LogP contribution in [0.3, 0.4) is 0 Å². The van der Waals surface area contributed by atoms with Crippen LogP contribution >= 0.6 is 85.4 Å². The number of nitrogens with one attached hydrogen (secondary N) is 9. The third kappa shape index (κ3) is 17.7. The number of Topliss-reactive ketones (excluding diaryl/α,β-unsaturated/α-hetero) is 1. The number of halogens is 7. The number of nitrogens with two attached hydrogens (primary N) is 1. The molecule has 8 aliphatic carbocycles. The van der Waals surface area contributed by atoms with Crippen LogP contribution in [0.4, 0.5) is 9.59 Å². The zero-order valence-electron chi connectivity index (χ0n) is 54.9. The molecule has 4 aromatic carbocycles. The molecule has 8 aliphatic rings. The van der Waals surface area contributed by atoms with Crippen molar-refractivity contribution < 1.29 is 56.0 Å². The quantitative estimate of drug-likeness (QED) is 0.0597. The van der Waals surface area contributed by atoms with Crippen molar-refractivity contribution in [2.24, 2.45) is 53.1 Å². The van der Waals surface area contributed by atoms with Gasteiger partial charge < -0.3 is 41.2 Å². The summed E-state index contributed by atoms with van der Waals surface area (Å²) >= 11 is 27.6. The van der Waals surface area contributed by atoms with Crippen LogP contribution < -0.4 is 30.5 Å². The second-order valence-electron chi connectivity index (χ2n) is 28.6. The van der Waals surface area contributed by atoms with E-state index in [1.54, 1.807) is 43.0 Å². The van der Waals surface area contributed by atoms with Crippen molar-refractivity contribution in [1.29, 1.82) is 0 Å². The van der Waals surface area contributed by atoms with E-state index in [0.717, 1.165) is 77.6 Å². The lowest BCUT2D eigenvalue weighted by Crippen LogP contribution is -2.39. The molecule has 0 radical (unpaired) electrons. The number of aromatic nitrogens is 8. The number of carbonyl (C=O) groups excluding carboxylic acids is 3. The molecule has 4 heterocycles. The van der Waals surface area contributed by atoms with E-state index < -0.39 is 53.5 Å². The van der Waals surface area contributed by atoms with Gasteiger partial charge in [-0.3, -0.25) is 25.2 Å². The number of hydrogen-bond acceptors (Lipinski definition) is 17. The Morgan fingerprint density at radius 2 is 0.838 bits per heavy atom. The van der Waals surface area contributed by atoms with Gasteiger partial charge in [0.05, 0.1) is 63.7 Å². The Bertz CT molecular complexity index is 4540. The first-order valence-electron chi connectivity index (χ1n) is 31.7. The molecule has 0 saturated heterocycles. The van der Waals surface area contributed by atoms with Crippen molar-refractivity contribution >= 4 is 166 Å². The number of H-pyrrole nitrogens is 4. The summed E-state index contributed by atoms with van der Waals surface area (Å²) in [7, 11) is 0.300. The molecular weight excluding hydrogens is 1510 g/mol. The van der Waals surface area contributed by atoms with E-state index in [4.69, 9.17) is 61.6 Å². The summed E-state index contributed by atoms with van der Waals surface area (Å²) in [4.78, 5) is 34.3. The molecule has 0 bridgehead atoms. The van der Waals surface area contributed by atoms with Crippen LogP contribution in [0, 0.1) is 47.3 Å². The Hall–Kier alpha value is -5.19. The number of carbonyl (C=O) groups is 3. The number of ether oxygens (including phenoxy) is 2. The molecular formula is C64H79BrCl6N14O12S2. The fraction of sp³-hybridized carbons (Fsp3) is 0.516. The minimum absolute atomic E-state index is 0. The van der Waals surface area contributed by atoms with E-state index >= 15 is 0 Å². The molecule has 15 atom stereocenters. The maximum Gasteiger partial charge on any atom is 0.407 e. The highest BCUT2D eigenvalue weighted by Gasteiger charge is 2.65. The van der Waals surface area contributed by atoms with Gasteiger partial charge in [-0.1, -0.05) is 46.4 Å². The average molecular weight is 1590 g/mol. The fourth-order valence-electron chi connectivity index (χ4n) is 14.8. The van der Waals surface area contributed by atoms with Crippen molar-refractivity contribution in [3.8, 4) is 0 Å². The standard InChI is InChI=1S/C18H22ClN3O3.C14H17ClN4O3S.C13H14ClN3O.C11H17NO3.C7H4BrClN2.CH4ClNO2S.ClH/c1-17(2,3)25-16(23)21-15-10-6-18(24,7-11(10)15)13-4-9(19)5-14-12(13)8-20-22-14;1-16-23(21,22)19-13-8-4-14(20,5-9(8)13)11-2-7(15)3-12-10(11)6-17-18-12;14-6-1-10(9-5-16-17-11(9)2-6)13(18)3-7-8(4-13)12(7)15;1-11(2,3)15-10(14)12-9-7-4-6(13)5-8(7)9;8-6-1-4(9)2-7-5(6)3-10-11-7;1-3-6(2,4)5;/h4-5,8,10-11,15,24H,6-7H2,1-3H3,(H,20,22)(H,21,23);2-3,6,8-9,13,16,19-20H,4-5H2,1H3,(H,17,18);1-2,5,7-8,12,18H,3-4,15H2,(H,16,17);7-9H,4-5H2,1-3H3,(H,12,14);1-3H,(H,10,11);3H,1H3;1H/t10-,11+,15?,18?;8-,9+,13?,14?;7-,8+,12?,13?;7-,8+,9?;;;. The van der Waals surface area contributed by atoms with Crippen molar-refractivity contribution in [1.82, 2.24) is 65.6 Å². The number of nitrogens with zero attached hydrogens (tertiary/aromatic N) is 4. The van der Waals surface area contributed by atoms with Crippen LogP contribution in [0.1, 0.15) is 110 Å². The highest BCUT2D eigenvalue weighted by atomic mass is 79.9. The predicted molar refractivity (Wildman–Crippen MR) is 384 cm³/mol. The number of hydrogen-bond donors (Lipinski definition) is 13. The third-order valence-electron chi connectivity index (χ3n) is 19.5. The van der Waals surface area contributed by atoms with E-state index in [1.165, 1.54) is 14.1 Å². The Balaban J connectivity index is 0.000000134. The Morgan fingerprint density at radius 3 is 1.17 bits per heavy atom. The summed E-state index contributed by atoms with van der Waals surface area (Å²) < 4.78 is 60.6. The molecule has 0 spiro atoms. The van der Waals surface area contributed by atoms with E-state index in [-0.39, 0.29) is 66.3 Å². The van der Waals surface area contributed by atoms with Crippen LogP contribution in [0.2, 0.25) is 20.1 Å². The summed E-state index contributed by atoms with van der Waals surface area (Å²) in [6.07, 6.45) is 11.1. The SMILES string of the molecule is CC(C)(C)OC(=O)NC1[C@H]2CC(=O)C[C@@H]12.CC(C)(C)OC(=O)NC1[C@H]2CC(O)(c3cc(Cl)cc4[nH]ncc34)C[C@@H]12.CNS(=O)(=O)Cl.CNS(=O)(=O)NC1[C@H]2CC(O)(c3cc(Cl)cc4[nH]ncc34)C[C@@H]12.Cl.Clc1cc(Br)c2cn[nH]c2c1.NC1[C@H]2CC(O)(c3cc(Cl)cc4[nH]ncc34)C[C@@H]12. The molecule has 8 saturated carbocycles. The van der Waals surface area contributed by atoms with Crippen LogP contribution in [-0.4, -0.2) is 140 Å². The number of aromatic amines is 4. The van der Waals surface area contributed by atoms with Gasteiger partial charge >= 0.3 is 12.2 Å². The van der Waals surface area contributed by atoms with Gasteiger partial charge in [0.15, 0.2) is 0 Å². The normalized spacial score (nSPS) is 29.4. The molecule has 7 unspecified atom stereocenters. The van der Waals surface area contributed by atoms with Crippen LogP contribution in [0.25, 0.3) is 43.6 Å². The fourth-order valence-corrected chi connectivity index (χ4v) is 17.2. The number of ketones is 1. The molecule has 35 heteroatoms. The topological polar surface area (TPSA) is 400 Å². The summed E-state index contributed by atoms with van der Waals surface area (Å²) in [6, 6.07) is 15.0. The van der Waals surface area contributed by atoms with Gasteiger partial charge in [0.25, 0.3) is 19.4 Å². The first-order chi connectivity index (χ1) is 45.8. The van der Waals surface area contributed by atoms with Crippen LogP contribution in [0.15, 0.2) is 77.8 Å². The van der Waals surface area contributed by atoms with Gasteiger partial charge in [-0.2, -0.15) is 42.0 Å². The highest BCUT2D eigenvalue weighted by Crippen LogP contribution is 2.62. The monoisotopic (exact) mass is 1590 g/mol. The summed E-state index contributed by atoms with van der Waals surface area (Å²) in [5.41, 5.74) is 8.13. The lowest BCUT2D eigenvalue weighted by molar-refractivity contribution is -0.118. The highest BCUT2D eigenvalue weighted by molar-refractivity contribution is 9.10. The number of amides is 2. The molecule has 8 aromatic rings. The first kappa shape index (κ1) is 76.4. The van der Waals surface area contributed by atoms with Gasteiger partial charge in [0.1, 0.15) is 17.0 Å². The second kappa shape index (κ2) is 28.8. The Morgan fingerprint density at radius 1 is 0.535 bits per heavy atom. The minimum atomic E-state index is -3.45. The van der Waals surface area contributed by atoms with Gasteiger partial charge in [-0.15, -0.1) is 12.4 Å². The second-order valence-corrected chi connectivity index (χ2v) is 35.3. The van der Waals surface area contributed by atoms with Gasteiger partial charge in [-0.25, -0.2) is 19.0 Å².